The Balaban J connectivity index is 2.36. The molecule has 78 valence electrons. The molecular formula is C10H15NO3. The van der Waals surface area contributed by atoms with E-state index >= 15 is 0 Å². The zero-order valence-corrected chi connectivity index (χ0v) is 8.74. The fourth-order valence-electron chi connectivity index (χ4n) is 2.61. The number of carbonyl (C=O) groups excluding carboxylic acids is 1. The largest absolute Gasteiger partial charge is 0.468 e. The van der Waals surface area contributed by atoms with Crippen molar-refractivity contribution < 1.29 is 14.4 Å². The van der Waals surface area contributed by atoms with Crippen molar-refractivity contribution in [2.75, 3.05) is 7.11 Å². The molecule has 4 nitrogen and oxygen atoms in total. The third-order valence-corrected chi connectivity index (χ3v) is 3.35. The number of ether oxygens (including phenoxy) is 1. The number of rotatable bonds is 1. The standard InChI is InChI=1S/C10H15NO3/c1-6-4-8-10(5-6,9(12)13-3)7(2)11-14-8/h6,8H,4-5H2,1-3H3. The molecule has 3 unspecified atom stereocenters. The van der Waals surface area contributed by atoms with Crippen molar-refractivity contribution in [2.24, 2.45) is 16.5 Å². The molecule has 0 aromatic heterocycles. The average Bonchev–Trinajstić information content (AvgIpc) is 2.63. The second-order valence-electron chi connectivity index (χ2n) is 4.28. The Morgan fingerprint density at radius 3 is 3.07 bits per heavy atom. The van der Waals surface area contributed by atoms with E-state index in [2.05, 4.69) is 12.1 Å². The Bertz CT molecular complexity index is 300. The lowest BCUT2D eigenvalue weighted by Crippen LogP contribution is -2.42. The first-order valence-electron chi connectivity index (χ1n) is 4.90. The van der Waals surface area contributed by atoms with Crippen LogP contribution in [-0.4, -0.2) is 24.9 Å². The summed E-state index contributed by atoms with van der Waals surface area (Å²) in [5.41, 5.74) is 0.174. The molecule has 0 spiro atoms. The summed E-state index contributed by atoms with van der Waals surface area (Å²) in [6.07, 6.45) is 1.57. The van der Waals surface area contributed by atoms with Crippen molar-refractivity contribution in [3.63, 3.8) is 0 Å². The summed E-state index contributed by atoms with van der Waals surface area (Å²) in [5.74, 6) is 0.287. The number of carbonyl (C=O) groups is 1. The van der Waals surface area contributed by atoms with Crippen LogP contribution in [0, 0.1) is 11.3 Å². The van der Waals surface area contributed by atoms with Gasteiger partial charge in [-0.15, -0.1) is 0 Å². The van der Waals surface area contributed by atoms with Gasteiger partial charge in [-0.05, 0) is 25.7 Å². The molecule has 0 amide bonds. The number of hydrogen-bond donors (Lipinski definition) is 0. The van der Waals surface area contributed by atoms with Crippen LogP contribution in [0.15, 0.2) is 5.16 Å². The first-order chi connectivity index (χ1) is 6.61. The molecule has 1 aliphatic heterocycles. The van der Waals surface area contributed by atoms with Gasteiger partial charge in [-0.2, -0.15) is 0 Å². The number of esters is 1. The van der Waals surface area contributed by atoms with Gasteiger partial charge in [0.15, 0.2) is 0 Å². The fraction of sp³-hybridized carbons (Fsp3) is 0.800. The molecule has 4 heteroatoms. The van der Waals surface area contributed by atoms with E-state index in [4.69, 9.17) is 9.57 Å². The van der Waals surface area contributed by atoms with Crippen LogP contribution < -0.4 is 0 Å². The minimum absolute atomic E-state index is 0.107. The van der Waals surface area contributed by atoms with Gasteiger partial charge in [0.05, 0.1) is 12.8 Å². The molecule has 0 saturated heterocycles. The Morgan fingerprint density at radius 1 is 1.71 bits per heavy atom. The molecule has 1 fully saturated rings. The second kappa shape index (κ2) is 2.97. The molecule has 14 heavy (non-hydrogen) atoms. The van der Waals surface area contributed by atoms with Crippen LogP contribution >= 0.6 is 0 Å². The molecule has 1 saturated carbocycles. The summed E-state index contributed by atoms with van der Waals surface area (Å²) in [5, 5.41) is 3.91. The molecule has 0 radical (unpaired) electrons. The SMILES string of the molecule is COC(=O)C12CC(C)CC1ON=C2C. The average molecular weight is 197 g/mol. The lowest BCUT2D eigenvalue weighted by atomic mass is 9.80. The quantitative estimate of drug-likeness (QED) is 0.596. The van der Waals surface area contributed by atoms with Crippen molar-refractivity contribution in [1.82, 2.24) is 0 Å². The second-order valence-corrected chi connectivity index (χ2v) is 4.28. The minimum Gasteiger partial charge on any atom is -0.468 e. The summed E-state index contributed by atoms with van der Waals surface area (Å²) in [7, 11) is 1.42. The Kier molecular flexibility index (Phi) is 2.01. The molecule has 0 aromatic carbocycles. The van der Waals surface area contributed by atoms with E-state index in [-0.39, 0.29) is 12.1 Å². The summed E-state index contributed by atoms with van der Waals surface area (Å²) < 4.78 is 4.86. The van der Waals surface area contributed by atoms with E-state index in [1.54, 1.807) is 0 Å². The highest BCUT2D eigenvalue weighted by atomic mass is 16.6. The summed E-state index contributed by atoms with van der Waals surface area (Å²) in [6, 6.07) is 0. The lowest BCUT2D eigenvalue weighted by Gasteiger charge is -2.23. The van der Waals surface area contributed by atoms with Gasteiger partial charge in [-0.25, -0.2) is 0 Å². The highest BCUT2D eigenvalue weighted by molar-refractivity contribution is 6.07. The highest BCUT2D eigenvalue weighted by Crippen LogP contribution is 2.48. The van der Waals surface area contributed by atoms with Gasteiger partial charge >= 0.3 is 5.97 Å². The first kappa shape index (κ1) is 9.49. The smallest absolute Gasteiger partial charge is 0.321 e. The molecule has 3 atom stereocenters. The van der Waals surface area contributed by atoms with E-state index in [9.17, 15) is 4.79 Å². The zero-order valence-electron chi connectivity index (χ0n) is 8.74. The Morgan fingerprint density at radius 2 is 2.43 bits per heavy atom. The fourth-order valence-corrected chi connectivity index (χ4v) is 2.61. The van der Waals surface area contributed by atoms with Crippen LogP contribution in [0.2, 0.25) is 0 Å². The zero-order chi connectivity index (χ0) is 10.3. The van der Waals surface area contributed by atoms with Crippen molar-refractivity contribution >= 4 is 11.7 Å². The summed E-state index contributed by atoms with van der Waals surface area (Å²) >= 11 is 0. The van der Waals surface area contributed by atoms with Gasteiger partial charge in [0.2, 0.25) is 0 Å². The van der Waals surface area contributed by atoms with E-state index in [0.717, 1.165) is 18.6 Å². The third kappa shape index (κ3) is 0.996. The number of methoxy groups -OCH3 is 1. The van der Waals surface area contributed by atoms with Crippen LogP contribution in [0.3, 0.4) is 0 Å². The summed E-state index contributed by atoms with van der Waals surface area (Å²) in [6.45, 7) is 3.97. The molecule has 0 aromatic rings. The maximum Gasteiger partial charge on any atom is 0.321 e. The van der Waals surface area contributed by atoms with Gasteiger partial charge in [0.25, 0.3) is 0 Å². The predicted molar refractivity (Wildman–Crippen MR) is 50.8 cm³/mol. The third-order valence-electron chi connectivity index (χ3n) is 3.35. The molecular weight excluding hydrogens is 182 g/mol. The van der Waals surface area contributed by atoms with Crippen LogP contribution in [-0.2, 0) is 14.4 Å². The Hall–Kier alpha value is -1.06. The number of oxime groups is 1. The van der Waals surface area contributed by atoms with Crippen molar-refractivity contribution in [3.05, 3.63) is 0 Å². The molecule has 0 N–H and O–H groups in total. The maximum atomic E-state index is 11.8. The van der Waals surface area contributed by atoms with Crippen LogP contribution in [0.25, 0.3) is 0 Å². The predicted octanol–water partition coefficient (Wildman–Crippen LogP) is 1.35. The van der Waals surface area contributed by atoms with E-state index < -0.39 is 5.41 Å². The van der Waals surface area contributed by atoms with Crippen LogP contribution in [0.4, 0.5) is 0 Å². The van der Waals surface area contributed by atoms with Gasteiger partial charge < -0.3 is 9.57 Å². The number of hydrogen-bond acceptors (Lipinski definition) is 4. The van der Waals surface area contributed by atoms with Gasteiger partial charge in [-0.1, -0.05) is 12.1 Å². The van der Waals surface area contributed by atoms with Crippen LogP contribution in [0.5, 0.6) is 0 Å². The van der Waals surface area contributed by atoms with Gasteiger partial charge in [0.1, 0.15) is 11.5 Å². The van der Waals surface area contributed by atoms with Gasteiger partial charge in [-0.3, -0.25) is 4.79 Å². The molecule has 2 aliphatic rings. The molecule has 2 rings (SSSR count). The molecule has 1 aliphatic carbocycles. The number of nitrogens with zero attached hydrogens (tertiary/aromatic N) is 1. The van der Waals surface area contributed by atoms with Crippen molar-refractivity contribution in [3.8, 4) is 0 Å². The minimum atomic E-state index is -0.589. The topological polar surface area (TPSA) is 47.9 Å². The van der Waals surface area contributed by atoms with Gasteiger partial charge in [0, 0.05) is 0 Å². The van der Waals surface area contributed by atoms with Crippen molar-refractivity contribution in [2.45, 2.75) is 32.8 Å². The van der Waals surface area contributed by atoms with E-state index in [0.29, 0.717) is 5.92 Å². The van der Waals surface area contributed by atoms with E-state index in [1.807, 2.05) is 6.92 Å². The molecule has 1 heterocycles. The highest BCUT2D eigenvalue weighted by Gasteiger charge is 2.59. The lowest BCUT2D eigenvalue weighted by molar-refractivity contribution is -0.152. The normalized spacial score (nSPS) is 40.1. The van der Waals surface area contributed by atoms with Crippen molar-refractivity contribution in [1.29, 1.82) is 0 Å². The Labute approximate surface area is 83.3 Å². The summed E-state index contributed by atoms with van der Waals surface area (Å²) in [4.78, 5) is 17.1. The van der Waals surface area contributed by atoms with Crippen LogP contribution in [0.1, 0.15) is 26.7 Å². The number of fused-ring (bicyclic) bond motifs is 1. The first-order valence-corrected chi connectivity index (χ1v) is 4.90. The monoisotopic (exact) mass is 197 g/mol. The molecule has 0 bridgehead atoms. The maximum absolute atomic E-state index is 11.8. The van der Waals surface area contributed by atoms with E-state index in [1.165, 1.54) is 7.11 Å².